The van der Waals surface area contributed by atoms with Crippen LogP contribution in [0.25, 0.3) is 5.57 Å². The van der Waals surface area contributed by atoms with Crippen LogP contribution in [-0.2, 0) is 12.5 Å². The smallest absolute Gasteiger partial charge is 0.387 e. The van der Waals surface area contributed by atoms with Crippen molar-refractivity contribution in [3.63, 3.8) is 0 Å². The van der Waals surface area contributed by atoms with E-state index in [1.165, 1.54) is 18.2 Å². The van der Waals surface area contributed by atoms with Gasteiger partial charge in [0.2, 0.25) is 0 Å². The van der Waals surface area contributed by atoms with E-state index in [1.807, 2.05) is 12.1 Å². The van der Waals surface area contributed by atoms with Crippen molar-refractivity contribution in [1.82, 2.24) is 14.7 Å². The number of nitrogens with one attached hydrogen (secondary N) is 2. The normalized spacial score (nSPS) is 15.0. The number of amides is 1. The van der Waals surface area contributed by atoms with Crippen LogP contribution in [0, 0.1) is 28.1 Å². The molecule has 1 aliphatic rings. The van der Waals surface area contributed by atoms with E-state index < -0.39 is 52.6 Å². The van der Waals surface area contributed by atoms with Crippen LogP contribution in [0.1, 0.15) is 55.2 Å². The van der Waals surface area contributed by atoms with Crippen molar-refractivity contribution in [1.29, 1.82) is 15.9 Å². The second-order valence-corrected chi connectivity index (χ2v) is 10.6. The first kappa shape index (κ1) is 33.3. The molecule has 1 amide bonds. The van der Waals surface area contributed by atoms with Crippen molar-refractivity contribution in [3.05, 3.63) is 46.2 Å². The topological polar surface area (TPSA) is 131 Å². The number of aromatic nitrogens is 2. The quantitative estimate of drug-likeness (QED) is 0.159. The number of nitrogens with zero attached hydrogens (tertiary/aromatic N) is 5. The van der Waals surface area contributed by atoms with Gasteiger partial charge >= 0.3 is 6.61 Å². The van der Waals surface area contributed by atoms with Crippen LogP contribution >= 0.6 is 11.6 Å². The van der Waals surface area contributed by atoms with E-state index in [4.69, 9.17) is 17.0 Å². The molecule has 9 nitrogen and oxygen atoms in total. The molecule has 0 radical (unpaired) electrons. The van der Waals surface area contributed by atoms with Gasteiger partial charge in [-0.2, -0.15) is 24.4 Å². The number of anilines is 1. The van der Waals surface area contributed by atoms with E-state index in [2.05, 4.69) is 15.2 Å². The van der Waals surface area contributed by atoms with Gasteiger partial charge in [0.05, 0.1) is 22.7 Å². The number of halogens is 7. The highest BCUT2D eigenvalue weighted by Crippen LogP contribution is 2.53. The predicted molar refractivity (Wildman–Crippen MR) is 144 cm³/mol. The highest BCUT2D eigenvalue weighted by molar-refractivity contribution is 6.34. The Morgan fingerprint density at radius 3 is 2.33 bits per heavy atom. The largest absolute Gasteiger partial charge is 0.429 e. The molecule has 3 rings (SSSR count). The second-order valence-electron chi connectivity index (χ2n) is 10.2. The van der Waals surface area contributed by atoms with Gasteiger partial charge in [-0.3, -0.25) is 4.79 Å². The number of hydrogen-bond donors (Lipinski definition) is 2. The first-order chi connectivity index (χ1) is 19.9. The minimum absolute atomic E-state index is 0.00544. The second kappa shape index (κ2) is 11.8. The molecule has 16 heteroatoms. The van der Waals surface area contributed by atoms with E-state index in [0.717, 1.165) is 29.0 Å². The van der Waals surface area contributed by atoms with Gasteiger partial charge in [-0.15, -0.1) is 0 Å². The van der Waals surface area contributed by atoms with Crippen LogP contribution in [0.4, 0.5) is 32.2 Å². The number of hydrogen-bond acceptors (Lipinski definition) is 7. The van der Waals surface area contributed by atoms with Crippen LogP contribution in [0.3, 0.4) is 0 Å². The van der Waals surface area contributed by atoms with E-state index in [1.54, 1.807) is 0 Å². The first-order valence-electron chi connectivity index (χ1n) is 12.5. The summed E-state index contributed by atoms with van der Waals surface area (Å²) in [5, 5.41) is 32.8. The van der Waals surface area contributed by atoms with E-state index >= 15 is 0 Å². The lowest BCUT2D eigenvalue weighted by Crippen LogP contribution is -2.53. The van der Waals surface area contributed by atoms with Crippen molar-refractivity contribution in [2.24, 2.45) is 7.05 Å². The molecule has 1 aliphatic carbocycles. The molecule has 0 spiro atoms. The lowest BCUT2D eigenvalue weighted by atomic mass is 9.75. The summed E-state index contributed by atoms with van der Waals surface area (Å²) in [6.45, 7) is -3.08. The molecule has 43 heavy (non-hydrogen) atoms. The molecule has 1 fully saturated rings. The molecule has 0 atom stereocenters. The van der Waals surface area contributed by atoms with Gasteiger partial charge in [0.25, 0.3) is 17.8 Å². The number of allylic oxidation sites excluding steroid dienone is 1. The van der Waals surface area contributed by atoms with Crippen LogP contribution in [0.2, 0.25) is 5.02 Å². The van der Waals surface area contributed by atoms with Crippen LogP contribution in [0.5, 0.6) is 5.75 Å². The van der Waals surface area contributed by atoms with Gasteiger partial charge in [-0.1, -0.05) is 17.7 Å². The molecule has 0 saturated heterocycles. The van der Waals surface area contributed by atoms with Crippen LogP contribution in [0.15, 0.2) is 24.4 Å². The lowest BCUT2D eigenvalue weighted by molar-refractivity contribution is -0.173. The molecule has 0 aliphatic heterocycles. The van der Waals surface area contributed by atoms with Crippen molar-refractivity contribution < 1.29 is 35.9 Å². The van der Waals surface area contributed by atoms with Crippen LogP contribution in [-0.4, -0.2) is 57.3 Å². The molecule has 1 saturated carbocycles. The number of rotatable bonds is 12. The summed E-state index contributed by atoms with van der Waals surface area (Å²) in [6.07, 6.45) is 2.59. The number of alkyl halides is 6. The average molecular weight is 630 g/mol. The van der Waals surface area contributed by atoms with Gasteiger partial charge in [0.15, 0.2) is 11.6 Å². The molecule has 1 aromatic carbocycles. The molecule has 230 valence electrons. The third-order valence-electron chi connectivity index (χ3n) is 7.41. The summed E-state index contributed by atoms with van der Waals surface area (Å²) in [5.74, 6) is -10.6. The maximum atomic E-state index is 14.6. The van der Waals surface area contributed by atoms with E-state index in [9.17, 15) is 41.7 Å². The molecular formula is C27H26ClF6N7O2. The number of carbonyl (C=O) groups is 1. The lowest BCUT2D eigenvalue weighted by Gasteiger charge is -2.38. The minimum atomic E-state index is -4.15. The summed E-state index contributed by atoms with van der Waals surface area (Å²) >= 11 is 6.25. The zero-order valence-corrected chi connectivity index (χ0v) is 24.0. The molecule has 0 bridgehead atoms. The fraction of sp³-hybridized carbons (Fsp3) is 0.444. The van der Waals surface area contributed by atoms with Gasteiger partial charge in [-0.05, 0) is 37.5 Å². The monoisotopic (exact) mass is 629 g/mol. The zero-order valence-electron chi connectivity index (χ0n) is 23.3. The third kappa shape index (κ3) is 6.13. The Bertz CT molecular complexity index is 1510. The molecular weight excluding hydrogens is 604 g/mol. The highest BCUT2D eigenvalue weighted by atomic mass is 35.5. The summed E-state index contributed by atoms with van der Waals surface area (Å²) in [4.78, 5) is 14.4. The average Bonchev–Trinajstić information content (AvgIpc) is 3.65. The molecule has 2 N–H and O–H groups in total. The summed E-state index contributed by atoms with van der Waals surface area (Å²) in [5.41, 5.74) is -5.58. The Balaban J connectivity index is 2.10. The van der Waals surface area contributed by atoms with Gasteiger partial charge in [-0.25, -0.2) is 22.2 Å². The van der Waals surface area contributed by atoms with Gasteiger partial charge in [0, 0.05) is 38.9 Å². The number of nitriles is 2. The molecule has 2 aromatic rings. The van der Waals surface area contributed by atoms with E-state index in [-0.39, 0.29) is 42.1 Å². The van der Waals surface area contributed by atoms with Gasteiger partial charge < -0.3 is 20.4 Å². The van der Waals surface area contributed by atoms with E-state index in [0.29, 0.717) is 19.8 Å². The Kier molecular flexibility index (Phi) is 9.13. The third-order valence-corrected chi connectivity index (χ3v) is 7.74. The number of aryl methyl sites for hydroxylation is 1. The molecule has 1 aromatic heterocycles. The Morgan fingerprint density at radius 2 is 1.86 bits per heavy atom. The van der Waals surface area contributed by atoms with Crippen molar-refractivity contribution in [2.45, 2.75) is 63.0 Å². The Labute approximate surface area is 247 Å². The number of ether oxygens (including phenoxy) is 1. The molecule has 1 heterocycles. The van der Waals surface area contributed by atoms with Crippen molar-refractivity contribution in [2.75, 3.05) is 11.9 Å². The zero-order chi connectivity index (χ0) is 32.5. The van der Waals surface area contributed by atoms with Crippen molar-refractivity contribution in [3.8, 4) is 17.9 Å². The van der Waals surface area contributed by atoms with Crippen LogP contribution < -0.4 is 10.1 Å². The maximum Gasteiger partial charge on any atom is 0.387 e. The van der Waals surface area contributed by atoms with Crippen molar-refractivity contribution >= 4 is 35.1 Å². The summed E-state index contributed by atoms with van der Waals surface area (Å²) < 4.78 is 90.5. The number of benzene rings is 1. The first-order valence-corrected chi connectivity index (χ1v) is 12.9. The minimum Gasteiger partial charge on any atom is -0.429 e. The highest BCUT2D eigenvalue weighted by Gasteiger charge is 2.64. The Hall–Kier alpha value is -4.24. The fourth-order valence-corrected chi connectivity index (χ4v) is 4.61. The Morgan fingerprint density at radius 1 is 1.26 bits per heavy atom. The summed E-state index contributed by atoms with van der Waals surface area (Å²) in [6, 6.07) is 7.88. The van der Waals surface area contributed by atoms with Gasteiger partial charge in [0.1, 0.15) is 23.2 Å². The molecule has 0 unspecified atom stereocenters. The fourth-order valence-electron chi connectivity index (χ4n) is 4.41. The SMILES string of the molecule is Cn1nc(C(C)(C(C)(F)F)C(C)(F)F)c(OC(F)F)c1N/C=C(\C=N)c1ccc(Cl)c(C(=O)N(CC#N)C2(C#N)CC2)c1. The summed E-state index contributed by atoms with van der Waals surface area (Å²) in [7, 11) is 1.12. The standard InChI is InChI=1S/C27H26ClF6N7O2/c1-24(25(2,31)32,26(3,33)34)20-19(43-23(29)30)21(40(4)39-20)38-13-16(12-36)15-5-6-18(28)17(11-15)22(42)41(10-9-35)27(14-37)7-8-27/h5-6,11-13,23,36,38H,7-8,10H2,1-4H3/b16-13+,36-12?. The number of carbonyl (C=O) groups excluding carboxylic acids is 1. The predicted octanol–water partition coefficient (Wildman–Crippen LogP) is 6.37. The maximum absolute atomic E-state index is 14.6.